The molecule has 0 spiro atoms. The van der Waals surface area contributed by atoms with E-state index < -0.39 is 0 Å². The third kappa shape index (κ3) is 2.71. The first-order valence-corrected chi connectivity index (χ1v) is 6.91. The van der Waals surface area contributed by atoms with Gasteiger partial charge >= 0.3 is 0 Å². The summed E-state index contributed by atoms with van der Waals surface area (Å²) in [6.45, 7) is 0.888. The van der Waals surface area contributed by atoms with Gasteiger partial charge in [-0.1, -0.05) is 12.2 Å². The van der Waals surface area contributed by atoms with Crippen LogP contribution in [0.15, 0.2) is 12.3 Å². The van der Waals surface area contributed by atoms with Gasteiger partial charge in [0, 0.05) is 31.4 Å². The van der Waals surface area contributed by atoms with E-state index in [1.165, 1.54) is 0 Å². The molecule has 2 heterocycles. The molecule has 0 amide bonds. The highest BCUT2D eigenvalue weighted by molar-refractivity contribution is 5.67. The topological polar surface area (TPSA) is 61.3 Å². The van der Waals surface area contributed by atoms with Crippen LogP contribution in [-0.2, 0) is 0 Å². The van der Waals surface area contributed by atoms with Gasteiger partial charge < -0.3 is 15.3 Å². The Morgan fingerprint density at radius 1 is 1.32 bits per heavy atom. The Hall–Kier alpha value is -1.62. The molecule has 3 rings (SSSR count). The molecule has 0 unspecified atom stereocenters. The Morgan fingerprint density at radius 2 is 2.11 bits per heavy atom. The van der Waals surface area contributed by atoms with Crippen molar-refractivity contribution in [3.63, 3.8) is 0 Å². The van der Waals surface area contributed by atoms with Crippen LogP contribution in [-0.4, -0.2) is 40.8 Å². The number of hydrogen-bond acceptors (Lipinski definition) is 5. The molecule has 0 saturated heterocycles. The number of aliphatic hydroxyl groups is 1. The van der Waals surface area contributed by atoms with Crippen LogP contribution in [0, 0.1) is 0 Å². The Bertz CT molecular complexity index is 480. The van der Waals surface area contributed by atoms with Crippen LogP contribution in [0.3, 0.4) is 0 Å². The summed E-state index contributed by atoms with van der Waals surface area (Å²) < 4.78 is 0. The minimum atomic E-state index is -0.126. The molecule has 0 radical (unpaired) electrons. The van der Waals surface area contributed by atoms with Crippen molar-refractivity contribution in [2.24, 2.45) is 0 Å². The van der Waals surface area contributed by atoms with Gasteiger partial charge in [0.25, 0.3) is 0 Å². The van der Waals surface area contributed by atoms with E-state index in [4.69, 9.17) is 0 Å². The lowest BCUT2D eigenvalue weighted by Crippen LogP contribution is -2.29. The van der Waals surface area contributed by atoms with Gasteiger partial charge in [-0.2, -0.15) is 4.98 Å². The highest BCUT2D eigenvalue weighted by Crippen LogP contribution is 2.25. The third-order valence-electron chi connectivity index (χ3n) is 3.86. The van der Waals surface area contributed by atoms with E-state index in [0.717, 1.165) is 43.6 Å². The zero-order valence-electron chi connectivity index (χ0n) is 11.2. The average Bonchev–Trinajstić information content (AvgIpc) is 2.42. The summed E-state index contributed by atoms with van der Waals surface area (Å²) in [4.78, 5) is 11.1. The zero-order chi connectivity index (χ0) is 13.2. The number of anilines is 2. The molecule has 5 nitrogen and oxygen atoms in total. The van der Waals surface area contributed by atoms with Crippen LogP contribution in [0.4, 0.5) is 11.8 Å². The molecule has 0 bridgehead atoms. The highest BCUT2D eigenvalue weighted by Gasteiger charge is 2.20. The Kier molecular flexibility index (Phi) is 3.38. The molecule has 1 aromatic rings. The van der Waals surface area contributed by atoms with Crippen LogP contribution < -0.4 is 10.2 Å². The molecule has 1 fully saturated rings. The molecular formula is C14H20N4O. The monoisotopic (exact) mass is 260 g/mol. The quantitative estimate of drug-likeness (QED) is 0.846. The first-order valence-electron chi connectivity index (χ1n) is 6.91. The number of aliphatic hydroxyl groups excluding tert-OH is 1. The fourth-order valence-electron chi connectivity index (χ4n) is 2.70. The number of aromatic nitrogens is 2. The maximum Gasteiger partial charge on any atom is 0.224 e. The van der Waals surface area contributed by atoms with Gasteiger partial charge in [0.05, 0.1) is 6.10 Å². The van der Waals surface area contributed by atoms with Crippen LogP contribution in [0.2, 0.25) is 0 Å². The molecule has 1 aliphatic heterocycles. The summed E-state index contributed by atoms with van der Waals surface area (Å²) in [6, 6.07) is 0.380. The van der Waals surface area contributed by atoms with E-state index in [9.17, 15) is 5.11 Å². The van der Waals surface area contributed by atoms with Crippen molar-refractivity contribution in [3.05, 3.63) is 17.8 Å². The van der Waals surface area contributed by atoms with E-state index in [1.54, 1.807) is 0 Å². The highest BCUT2D eigenvalue weighted by atomic mass is 16.3. The Morgan fingerprint density at radius 3 is 2.89 bits per heavy atom. The Labute approximate surface area is 113 Å². The lowest BCUT2D eigenvalue weighted by molar-refractivity contribution is 0.126. The molecule has 2 aliphatic rings. The van der Waals surface area contributed by atoms with Crippen LogP contribution in [0.25, 0.3) is 6.08 Å². The SMILES string of the molecule is CN1CC=Cc2cnc(NC3CCC(O)CC3)nc21. The van der Waals surface area contributed by atoms with Crippen molar-refractivity contribution >= 4 is 17.8 Å². The standard InChI is InChI=1S/C14H20N4O/c1-18-8-2-3-10-9-15-14(17-13(10)18)16-11-4-6-12(19)7-5-11/h2-3,9,11-12,19H,4-8H2,1H3,(H,15,16,17). The largest absolute Gasteiger partial charge is 0.393 e. The second-order valence-electron chi connectivity index (χ2n) is 5.41. The van der Waals surface area contributed by atoms with Gasteiger partial charge in [0.1, 0.15) is 5.82 Å². The third-order valence-corrected chi connectivity index (χ3v) is 3.86. The fraction of sp³-hybridized carbons (Fsp3) is 0.571. The molecule has 0 aromatic carbocycles. The maximum atomic E-state index is 9.51. The van der Waals surface area contributed by atoms with Crippen molar-refractivity contribution in [2.75, 3.05) is 23.8 Å². The van der Waals surface area contributed by atoms with Gasteiger partial charge in [-0.25, -0.2) is 4.98 Å². The lowest BCUT2D eigenvalue weighted by Gasteiger charge is -2.27. The second kappa shape index (κ2) is 5.17. The van der Waals surface area contributed by atoms with Crippen LogP contribution >= 0.6 is 0 Å². The van der Waals surface area contributed by atoms with Gasteiger partial charge in [-0.05, 0) is 25.7 Å². The maximum absolute atomic E-state index is 9.51. The number of likely N-dealkylation sites (N-methyl/N-ethyl adjacent to an activating group) is 1. The normalized spacial score (nSPS) is 26.1. The fourth-order valence-corrected chi connectivity index (χ4v) is 2.70. The number of rotatable bonds is 2. The van der Waals surface area contributed by atoms with Crippen molar-refractivity contribution in [1.82, 2.24) is 9.97 Å². The summed E-state index contributed by atoms with van der Waals surface area (Å²) in [6.07, 6.45) is 9.62. The average molecular weight is 260 g/mol. The first kappa shape index (κ1) is 12.4. The minimum absolute atomic E-state index is 0.126. The predicted molar refractivity (Wildman–Crippen MR) is 76.2 cm³/mol. The minimum Gasteiger partial charge on any atom is -0.393 e. The molecule has 19 heavy (non-hydrogen) atoms. The molecular weight excluding hydrogens is 240 g/mol. The summed E-state index contributed by atoms with van der Waals surface area (Å²) in [5.41, 5.74) is 1.07. The van der Waals surface area contributed by atoms with Crippen molar-refractivity contribution in [3.8, 4) is 0 Å². The summed E-state index contributed by atoms with van der Waals surface area (Å²) in [7, 11) is 2.04. The smallest absolute Gasteiger partial charge is 0.224 e. The predicted octanol–water partition coefficient (Wildman–Crippen LogP) is 1.65. The number of nitrogens with zero attached hydrogens (tertiary/aromatic N) is 3. The van der Waals surface area contributed by atoms with Crippen LogP contribution in [0.5, 0.6) is 0 Å². The summed E-state index contributed by atoms with van der Waals surface area (Å²) in [5, 5.41) is 12.9. The van der Waals surface area contributed by atoms with E-state index in [0.29, 0.717) is 12.0 Å². The molecule has 102 valence electrons. The number of hydrogen-bond donors (Lipinski definition) is 2. The van der Waals surface area contributed by atoms with Gasteiger partial charge in [0.2, 0.25) is 5.95 Å². The molecule has 1 aliphatic carbocycles. The van der Waals surface area contributed by atoms with E-state index in [1.807, 2.05) is 13.2 Å². The molecule has 0 atom stereocenters. The number of nitrogens with one attached hydrogen (secondary N) is 1. The number of fused-ring (bicyclic) bond motifs is 1. The lowest BCUT2D eigenvalue weighted by atomic mass is 9.93. The summed E-state index contributed by atoms with van der Waals surface area (Å²) >= 11 is 0. The Balaban J connectivity index is 1.72. The molecule has 2 N–H and O–H groups in total. The van der Waals surface area contributed by atoms with Crippen molar-refractivity contribution in [1.29, 1.82) is 0 Å². The molecule has 5 heteroatoms. The summed E-state index contributed by atoms with van der Waals surface area (Å²) in [5.74, 6) is 1.68. The molecule has 1 aromatic heterocycles. The van der Waals surface area contributed by atoms with Crippen molar-refractivity contribution in [2.45, 2.75) is 37.8 Å². The zero-order valence-corrected chi connectivity index (χ0v) is 11.2. The van der Waals surface area contributed by atoms with Crippen LogP contribution in [0.1, 0.15) is 31.2 Å². The van der Waals surface area contributed by atoms with E-state index in [-0.39, 0.29) is 6.10 Å². The van der Waals surface area contributed by atoms with Crippen molar-refractivity contribution < 1.29 is 5.11 Å². The van der Waals surface area contributed by atoms with Gasteiger partial charge in [-0.15, -0.1) is 0 Å². The second-order valence-corrected chi connectivity index (χ2v) is 5.41. The van der Waals surface area contributed by atoms with Gasteiger partial charge in [0.15, 0.2) is 0 Å². The van der Waals surface area contributed by atoms with E-state index >= 15 is 0 Å². The molecule has 1 saturated carbocycles. The van der Waals surface area contributed by atoms with E-state index in [2.05, 4.69) is 32.3 Å². The first-order chi connectivity index (χ1) is 9.22. The van der Waals surface area contributed by atoms with Gasteiger partial charge in [-0.3, -0.25) is 0 Å².